The highest BCUT2D eigenvalue weighted by Gasteiger charge is 2.28. The number of rotatable bonds is 5. The molecule has 0 amide bonds. The predicted octanol–water partition coefficient (Wildman–Crippen LogP) is 2.41. The predicted molar refractivity (Wildman–Crippen MR) is 72.0 cm³/mol. The van der Waals surface area contributed by atoms with E-state index >= 15 is 0 Å². The summed E-state index contributed by atoms with van der Waals surface area (Å²) in [4.78, 5) is 15.0. The van der Waals surface area contributed by atoms with Crippen molar-refractivity contribution in [1.82, 2.24) is 0 Å². The summed E-state index contributed by atoms with van der Waals surface area (Å²) in [6.45, 7) is 2.74. The summed E-state index contributed by atoms with van der Waals surface area (Å²) in [6.07, 6.45) is 0. The summed E-state index contributed by atoms with van der Waals surface area (Å²) >= 11 is 3.05. The molecule has 0 spiro atoms. The van der Waals surface area contributed by atoms with Crippen LogP contribution in [-0.4, -0.2) is 21.0 Å². The first-order valence-corrected chi connectivity index (χ1v) is 7.43. The maximum absolute atomic E-state index is 13.0. The van der Waals surface area contributed by atoms with Crippen molar-refractivity contribution in [1.29, 1.82) is 0 Å². The van der Waals surface area contributed by atoms with Gasteiger partial charge in [-0.1, -0.05) is 0 Å². The Hall–Kier alpha value is -1.21. The van der Waals surface area contributed by atoms with Gasteiger partial charge >= 0.3 is 0 Å². The summed E-state index contributed by atoms with van der Waals surface area (Å²) in [5.41, 5.74) is 0.0675. The van der Waals surface area contributed by atoms with Crippen LogP contribution in [0.15, 0.2) is 27.6 Å². The van der Waals surface area contributed by atoms with Crippen molar-refractivity contribution in [3.63, 3.8) is 0 Å². The normalized spacial score (nSPS) is 10.9. The van der Waals surface area contributed by atoms with Crippen molar-refractivity contribution in [3.8, 4) is 0 Å². The molecule has 1 aromatic rings. The number of benzene rings is 1. The Morgan fingerprint density at radius 1 is 1.53 bits per heavy atom. The van der Waals surface area contributed by atoms with Gasteiger partial charge in [-0.25, -0.2) is 9.18 Å². The topological polar surface area (TPSA) is 63.7 Å². The van der Waals surface area contributed by atoms with E-state index < -0.39 is 20.7 Å². The first-order valence-electron chi connectivity index (χ1n) is 5.19. The minimum absolute atomic E-state index is 0.0508. The van der Waals surface area contributed by atoms with Gasteiger partial charge in [-0.15, -0.1) is 4.47 Å². The summed E-state index contributed by atoms with van der Waals surface area (Å²) < 4.78 is 37.9. The average molecular weight is 352 g/mol. The minimum atomic E-state index is -4.15. The Morgan fingerprint density at radius 2 is 2.16 bits per heavy atom. The fourth-order valence-corrected chi connectivity index (χ4v) is 2.84. The fraction of sp³-hybridized carbons (Fsp3) is 0.273. The molecule has 0 atom stereocenters. The Kier molecular flexibility index (Phi) is 5.25. The van der Waals surface area contributed by atoms with Crippen LogP contribution in [0.5, 0.6) is 0 Å². The molecule has 0 fully saturated rings. The lowest BCUT2D eigenvalue weighted by molar-refractivity contribution is 0.163. The molecule has 0 unspecified atom stereocenters. The van der Waals surface area contributed by atoms with Gasteiger partial charge in [0, 0.05) is 4.47 Å². The number of sulfonamides is 1. The molecule has 0 aliphatic carbocycles. The zero-order valence-electron chi connectivity index (χ0n) is 10.2. The molecule has 0 N–H and O–H groups in total. The average Bonchev–Trinajstić information content (AvgIpc) is 2.35. The third-order valence-corrected chi connectivity index (χ3v) is 4.33. The Balaban J connectivity index is 3.41. The lowest BCUT2D eigenvalue weighted by atomic mass is 10.3. The number of hydrogen-bond donors (Lipinski definition) is 0. The number of nitrogens with zero attached hydrogens (tertiary/aromatic N) is 1. The Labute approximate surface area is 118 Å². The van der Waals surface area contributed by atoms with E-state index in [-0.39, 0.29) is 16.8 Å². The number of halogens is 2. The van der Waals surface area contributed by atoms with Gasteiger partial charge in [0.05, 0.1) is 12.3 Å². The summed E-state index contributed by atoms with van der Waals surface area (Å²) in [5, 5.41) is 0. The molecule has 0 aliphatic heterocycles. The molecule has 0 radical (unpaired) electrons. The van der Waals surface area contributed by atoms with Crippen LogP contribution < -0.4 is 4.47 Å². The van der Waals surface area contributed by atoms with Gasteiger partial charge in [0.25, 0.3) is 10.0 Å². The molecule has 5 nitrogen and oxygen atoms in total. The van der Waals surface area contributed by atoms with E-state index in [1.54, 1.807) is 6.92 Å². The third-order valence-electron chi connectivity index (χ3n) is 2.10. The molecule has 0 saturated carbocycles. The van der Waals surface area contributed by atoms with E-state index in [1.807, 2.05) is 0 Å². The van der Waals surface area contributed by atoms with Crippen molar-refractivity contribution < 1.29 is 22.4 Å². The molecule has 8 heteroatoms. The van der Waals surface area contributed by atoms with Crippen LogP contribution in [0.1, 0.15) is 13.8 Å². The van der Waals surface area contributed by atoms with Crippen molar-refractivity contribution in [2.24, 2.45) is 0 Å². The monoisotopic (exact) mass is 351 g/mol. The highest BCUT2D eigenvalue weighted by atomic mass is 79.9. The number of allylic oxidation sites excluding steroid dienone is 1. The molecule has 104 valence electrons. The molecular weight excluding hydrogens is 341 g/mol. The highest BCUT2D eigenvalue weighted by Crippen LogP contribution is 2.30. The van der Waals surface area contributed by atoms with Crippen LogP contribution in [0.2, 0.25) is 0 Å². The van der Waals surface area contributed by atoms with Crippen LogP contribution in [-0.2, 0) is 19.7 Å². The van der Waals surface area contributed by atoms with Gasteiger partial charge in [0.2, 0.25) is 0 Å². The maximum Gasteiger partial charge on any atom is 0.293 e. The second-order valence-corrected chi connectivity index (χ2v) is 6.15. The van der Waals surface area contributed by atoms with Crippen molar-refractivity contribution >= 4 is 37.6 Å². The van der Waals surface area contributed by atoms with Gasteiger partial charge in [-0.2, -0.15) is 8.42 Å². The van der Waals surface area contributed by atoms with Crippen molar-refractivity contribution in [2.75, 3.05) is 11.1 Å². The van der Waals surface area contributed by atoms with Crippen LogP contribution >= 0.6 is 15.9 Å². The van der Waals surface area contributed by atoms with Crippen LogP contribution in [0.25, 0.3) is 0 Å². The van der Waals surface area contributed by atoms with Crippen LogP contribution in [0.3, 0.4) is 0 Å². The Morgan fingerprint density at radius 3 is 2.63 bits per heavy atom. The standard InChI is InChI=1S/C11H11BrFNO4S/c1-3-18-14(19(16,17)8(2)7-15)11-5-4-9(13)6-10(11)12/h4-6H,3H2,1-2H3. The van der Waals surface area contributed by atoms with E-state index in [0.717, 1.165) is 19.1 Å². The molecular formula is C11H11BrFNO4S. The number of anilines is 1. The smallest absolute Gasteiger partial charge is 0.259 e. The van der Waals surface area contributed by atoms with E-state index in [9.17, 15) is 17.6 Å². The van der Waals surface area contributed by atoms with E-state index in [2.05, 4.69) is 15.9 Å². The first kappa shape index (κ1) is 15.8. The maximum atomic E-state index is 13.0. The molecule has 19 heavy (non-hydrogen) atoms. The van der Waals surface area contributed by atoms with Gasteiger partial charge in [-0.3, -0.25) is 4.84 Å². The molecule has 1 aromatic carbocycles. The zero-order valence-corrected chi connectivity index (χ0v) is 12.6. The summed E-state index contributed by atoms with van der Waals surface area (Å²) in [5.74, 6) is 0.777. The minimum Gasteiger partial charge on any atom is -0.259 e. The van der Waals surface area contributed by atoms with E-state index in [0.29, 0.717) is 4.47 Å². The molecule has 0 saturated heterocycles. The zero-order chi connectivity index (χ0) is 14.6. The van der Waals surface area contributed by atoms with E-state index in [4.69, 9.17) is 4.84 Å². The second-order valence-electron chi connectivity index (χ2n) is 3.40. The number of hydrogen-bond acceptors (Lipinski definition) is 4. The van der Waals surface area contributed by atoms with Crippen molar-refractivity contribution in [3.05, 3.63) is 33.4 Å². The molecule has 0 aromatic heterocycles. The molecule has 1 rings (SSSR count). The highest BCUT2D eigenvalue weighted by molar-refractivity contribution is 9.10. The lowest BCUT2D eigenvalue weighted by Crippen LogP contribution is -2.32. The lowest BCUT2D eigenvalue weighted by Gasteiger charge is -2.23. The quantitative estimate of drug-likeness (QED) is 0.603. The first-order chi connectivity index (χ1) is 8.84. The number of carbonyl (C=O) groups excluding carboxylic acids is 1. The summed E-state index contributed by atoms with van der Waals surface area (Å²) in [7, 11) is -4.15. The second kappa shape index (κ2) is 6.29. The third kappa shape index (κ3) is 3.42. The fourth-order valence-electron chi connectivity index (χ4n) is 1.19. The van der Waals surface area contributed by atoms with Crippen molar-refractivity contribution in [2.45, 2.75) is 13.8 Å². The van der Waals surface area contributed by atoms with Gasteiger partial charge < -0.3 is 0 Å². The van der Waals surface area contributed by atoms with Gasteiger partial charge in [-0.05, 0) is 48.0 Å². The molecule has 0 heterocycles. The van der Waals surface area contributed by atoms with E-state index in [1.165, 1.54) is 12.0 Å². The molecule has 0 aliphatic rings. The largest absolute Gasteiger partial charge is 0.293 e. The summed E-state index contributed by atoms with van der Waals surface area (Å²) in [6, 6.07) is 3.41. The van der Waals surface area contributed by atoms with Crippen LogP contribution in [0, 0.1) is 5.82 Å². The molecule has 0 bridgehead atoms. The van der Waals surface area contributed by atoms with Gasteiger partial charge in [0.1, 0.15) is 16.7 Å². The SMILES string of the molecule is CCON(c1ccc(F)cc1Br)S(=O)(=O)C(C)=C=O. The van der Waals surface area contributed by atoms with Gasteiger partial charge in [0.15, 0.2) is 0 Å². The van der Waals surface area contributed by atoms with Crippen LogP contribution in [0.4, 0.5) is 10.1 Å². The Bertz CT molecular complexity index is 626.